The molecule has 0 spiro atoms. The van der Waals surface area contributed by atoms with Gasteiger partial charge in [-0.25, -0.2) is 0 Å². The van der Waals surface area contributed by atoms with Crippen LogP contribution in [0.2, 0.25) is 5.02 Å². The van der Waals surface area contributed by atoms with Gasteiger partial charge < -0.3 is 15.2 Å². The second-order valence-electron chi connectivity index (χ2n) is 4.02. The van der Waals surface area contributed by atoms with Crippen LogP contribution in [0.3, 0.4) is 0 Å². The molecule has 5 heteroatoms. The molecule has 1 aromatic rings. The lowest BCUT2D eigenvalue weighted by Crippen LogP contribution is -2.29. The number of fused-ring (bicyclic) bond motifs is 1. The molecule has 86 valence electrons. The van der Waals surface area contributed by atoms with E-state index in [-0.39, 0.29) is 12.3 Å². The minimum absolute atomic E-state index is 0.0562. The first kappa shape index (κ1) is 11.2. The number of benzene rings is 1. The minimum atomic E-state index is -0.754. The largest absolute Gasteiger partial charge is 0.449 e. The third-order valence-electron chi connectivity index (χ3n) is 2.22. The third kappa shape index (κ3) is 1.86. The Morgan fingerprint density at radius 1 is 1.44 bits per heavy atom. The fraction of sp³-hybridized carbons (Fsp3) is 0.364. The SMILES string of the molecule is CC1(C)Oc2cc(C(=O)CN)cc(Cl)c2O1. The van der Waals surface area contributed by atoms with Crippen molar-refractivity contribution in [3.63, 3.8) is 0 Å². The molecule has 1 heterocycles. The molecule has 1 aromatic carbocycles. The normalized spacial score (nSPS) is 16.2. The van der Waals surface area contributed by atoms with Gasteiger partial charge in [-0.1, -0.05) is 11.6 Å². The molecule has 4 nitrogen and oxygen atoms in total. The van der Waals surface area contributed by atoms with E-state index in [9.17, 15) is 4.79 Å². The van der Waals surface area contributed by atoms with E-state index >= 15 is 0 Å². The quantitative estimate of drug-likeness (QED) is 0.805. The minimum Gasteiger partial charge on any atom is -0.449 e. The number of hydrogen-bond acceptors (Lipinski definition) is 4. The van der Waals surface area contributed by atoms with Crippen LogP contribution in [0.1, 0.15) is 24.2 Å². The van der Waals surface area contributed by atoms with Crippen molar-refractivity contribution >= 4 is 17.4 Å². The van der Waals surface area contributed by atoms with Crippen LogP contribution in [-0.4, -0.2) is 18.1 Å². The molecule has 16 heavy (non-hydrogen) atoms. The molecule has 1 aliphatic rings. The summed E-state index contributed by atoms with van der Waals surface area (Å²) in [6, 6.07) is 3.14. The highest BCUT2D eigenvalue weighted by atomic mass is 35.5. The molecule has 0 atom stereocenters. The zero-order valence-corrected chi connectivity index (χ0v) is 9.80. The number of carbonyl (C=O) groups excluding carboxylic acids is 1. The number of ketones is 1. The van der Waals surface area contributed by atoms with Crippen molar-refractivity contribution in [2.24, 2.45) is 5.73 Å². The van der Waals surface area contributed by atoms with Crippen molar-refractivity contribution in [3.05, 3.63) is 22.7 Å². The smallest absolute Gasteiger partial charge is 0.246 e. The molecule has 0 unspecified atom stereocenters. The van der Waals surface area contributed by atoms with Gasteiger partial charge in [-0.3, -0.25) is 4.79 Å². The van der Waals surface area contributed by atoms with Gasteiger partial charge in [0.05, 0.1) is 11.6 Å². The van der Waals surface area contributed by atoms with E-state index in [4.69, 9.17) is 26.8 Å². The fourth-order valence-corrected chi connectivity index (χ4v) is 1.80. The summed E-state index contributed by atoms with van der Waals surface area (Å²) in [6.07, 6.45) is 0. The first-order chi connectivity index (χ1) is 7.43. The van der Waals surface area contributed by atoms with Crippen LogP contribution < -0.4 is 15.2 Å². The molecule has 0 radical (unpaired) electrons. The summed E-state index contributed by atoms with van der Waals surface area (Å²) in [5.41, 5.74) is 5.73. The standard InChI is InChI=1S/C11H12ClNO3/c1-11(2)15-9-4-6(8(14)5-13)3-7(12)10(9)16-11/h3-4H,5,13H2,1-2H3. The molecule has 2 rings (SSSR count). The Kier molecular flexibility index (Phi) is 2.56. The van der Waals surface area contributed by atoms with Crippen molar-refractivity contribution in [2.75, 3.05) is 6.54 Å². The molecule has 0 fully saturated rings. The molecule has 0 bridgehead atoms. The summed E-state index contributed by atoms with van der Waals surface area (Å²) in [5, 5.41) is 0.361. The summed E-state index contributed by atoms with van der Waals surface area (Å²) in [7, 11) is 0. The fourth-order valence-electron chi connectivity index (χ4n) is 1.55. The van der Waals surface area contributed by atoms with Gasteiger partial charge in [0.2, 0.25) is 5.79 Å². The Balaban J connectivity index is 2.46. The Bertz CT molecular complexity index is 457. The predicted octanol–water partition coefficient (Wildman–Crippen LogP) is 1.99. The maximum atomic E-state index is 11.4. The van der Waals surface area contributed by atoms with Crippen molar-refractivity contribution in [1.29, 1.82) is 0 Å². The Hall–Kier alpha value is -1.26. The van der Waals surface area contributed by atoms with E-state index < -0.39 is 5.79 Å². The first-order valence-electron chi connectivity index (χ1n) is 4.88. The van der Waals surface area contributed by atoms with Crippen LogP contribution in [0.4, 0.5) is 0 Å². The maximum absolute atomic E-state index is 11.4. The molecule has 0 aliphatic carbocycles. The molecular weight excluding hydrogens is 230 g/mol. The molecule has 0 saturated heterocycles. The number of rotatable bonds is 2. The van der Waals surface area contributed by atoms with Gasteiger partial charge in [0, 0.05) is 19.4 Å². The number of Topliss-reactive ketones (excluding diaryl/α,β-unsaturated/α-hetero) is 1. The van der Waals surface area contributed by atoms with Crippen molar-refractivity contribution < 1.29 is 14.3 Å². The highest BCUT2D eigenvalue weighted by molar-refractivity contribution is 6.32. The van der Waals surface area contributed by atoms with E-state index in [1.807, 2.05) is 0 Å². The molecule has 0 amide bonds. The summed E-state index contributed by atoms with van der Waals surface area (Å²) >= 11 is 6.01. The molecule has 1 aliphatic heterocycles. The zero-order valence-electron chi connectivity index (χ0n) is 9.04. The van der Waals surface area contributed by atoms with Gasteiger partial charge in [-0.2, -0.15) is 0 Å². The lowest BCUT2D eigenvalue weighted by atomic mass is 10.1. The van der Waals surface area contributed by atoms with Gasteiger partial charge in [0.25, 0.3) is 0 Å². The van der Waals surface area contributed by atoms with Crippen molar-refractivity contribution in [2.45, 2.75) is 19.6 Å². The number of nitrogens with two attached hydrogens (primary N) is 1. The van der Waals surface area contributed by atoms with Crippen LogP contribution in [0.25, 0.3) is 0 Å². The van der Waals surface area contributed by atoms with E-state index in [1.165, 1.54) is 0 Å². The van der Waals surface area contributed by atoms with Crippen LogP contribution in [-0.2, 0) is 0 Å². The number of ether oxygens (including phenoxy) is 2. The zero-order chi connectivity index (χ0) is 11.9. The Labute approximate surface area is 98.3 Å². The van der Waals surface area contributed by atoms with Crippen molar-refractivity contribution in [3.8, 4) is 11.5 Å². The van der Waals surface area contributed by atoms with E-state index in [0.717, 1.165) is 0 Å². The highest BCUT2D eigenvalue weighted by Crippen LogP contribution is 2.44. The second-order valence-corrected chi connectivity index (χ2v) is 4.42. The van der Waals surface area contributed by atoms with Crippen LogP contribution in [0, 0.1) is 0 Å². The molecule has 2 N–H and O–H groups in total. The summed E-state index contributed by atoms with van der Waals surface area (Å²) in [4.78, 5) is 11.4. The molecule has 0 aromatic heterocycles. The summed E-state index contributed by atoms with van der Waals surface area (Å²) in [5.74, 6) is 0.0173. The van der Waals surface area contributed by atoms with Crippen molar-refractivity contribution in [1.82, 2.24) is 0 Å². The van der Waals surface area contributed by atoms with E-state index in [2.05, 4.69) is 0 Å². The van der Waals surface area contributed by atoms with Crippen LogP contribution in [0.15, 0.2) is 12.1 Å². The molecule has 0 saturated carbocycles. The first-order valence-corrected chi connectivity index (χ1v) is 5.25. The average molecular weight is 242 g/mol. The Morgan fingerprint density at radius 2 is 2.12 bits per heavy atom. The van der Waals surface area contributed by atoms with Gasteiger partial charge in [0.15, 0.2) is 17.3 Å². The second kappa shape index (κ2) is 3.64. The summed E-state index contributed by atoms with van der Waals surface area (Å²) in [6.45, 7) is 3.49. The highest BCUT2D eigenvalue weighted by Gasteiger charge is 2.34. The van der Waals surface area contributed by atoms with Gasteiger partial charge >= 0.3 is 0 Å². The van der Waals surface area contributed by atoms with E-state index in [0.29, 0.717) is 22.1 Å². The lowest BCUT2D eigenvalue weighted by Gasteiger charge is -2.16. The maximum Gasteiger partial charge on any atom is 0.246 e. The van der Waals surface area contributed by atoms with Crippen LogP contribution in [0.5, 0.6) is 11.5 Å². The average Bonchev–Trinajstić information content (AvgIpc) is 2.52. The lowest BCUT2D eigenvalue weighted by molar-refractivity contribution is -0.0431. The van der Waals surface area contributed by atoms with Crippen LogP contribution >= 0.6 is 11.6 Å². The summed E-state index contributed by atoms with van der Waals surface area (Å²) < 4.78 is 11.0. The monoisotopic (exact) mass is 241 g/mol. The van der Waals surface area contributed by atoms with Gasteiger partial charge in [0.1, 0.15) is 0 Å². The van der Waals surface area contributed by atoms with Gasteiger partial charge in [-0.05, 0) is 12.1 Å². The molecular formula is C11H12ClNO3. The Morgan fingerprint density at radius 3 is 2.75 bits per heavy atom. The van der Waals surface area contributed by atoms with Gasteiger partial charge in [-0.15, -0.1) is 0 Å². The number of hydrogen-bond donors (Lipinski definition) is 1. The predicted molar refractivity (Wildman–Crippen MR) is 60.2 cm³/mol. The number of halogens is 1. The number of carbonyl (C=O) groups is 1. The van der Waals surface area contributed by atoms with E-state index in [1.54, 1.807) is 26.0 Å². The topological polar surface area (TPSA) is 61.5 Å². The third-order valence-corrected chi connectivity index (χ3v) is 2.50.